The zero-order chi connectivity index (χ0) is 19.9. The Hall–Kier alpha value is -1.75. The number of aliphatic hydroxyl groups is 4. The van der Waals surface area contributed by atoms with Crippen LogP contribution < -0.4 is 0 Å². The zero-order valence-corrected chi connectivity index (χ0v) is 14.5. The maximum Gasteiger partial charge on any atom is 0.317 e. The van der Waals surface area contributed by atoms with Gasteiger partial charge in [-0.2, -0.15) is 0 Å². The number of carbonyl (C=O) groups is 3. The molecular formula is C15H26O10. The smallest absolute Gasteiger partial charge is 0.317 e. The summed E-state index contributed by atoms with van der Waals surface area (Å²) in [7, 11) is 0. The standard InChI is InChI=1S/C15H26O10/c1-13(4-16,5-17)11(22)25-9-15(3,7-19)12(23)24-8-14(2,6-18)10(20)21/h16-19H,4-9H2,1-3H3,(H,20,21). The summed E-state index contributed by atoms with van der Waals surface area (Å²) in [5.41, 5.74) is -4.97. The van der Waals surface area contributed by atoms with Crippen LogP contribution in [0.15, 0.2) is 0 Å². The largest absolute Gasteiger partial charge is 0.481 e. The van der Waals surface area contributed by atoms with Crippen molar-refractivity contribution in [3.63, 3.8) is 0 Å². The Kier molecular flexibility index (Phi) is 8.45. The number of carboxylic acid groups (broad SMARTS) is 1. The Morgan fingerprint density at radius 3 is 1.32 bits per heavy atom. The Morgan fingerprint density at radius 1 is 0.680 bits per heavy atom. The van der Waals surface area contributed by atoms with Crippen molar-refractivity contribution < 1.29 is 49.4 Å². The minimum atomic E-state index is -1.71. The fourth-order valence-electron chi connectivity index (χ4n) is 1.32. The molecule has 0 fully saturated rings. The second-order valence-corrected chi connectivity index (χ2v) is 6.77. The summed E-state index contributed by atoms with van der Waals surface area (Å²) in [6.07, 6.45) is 0. The Bertz CT molecular complexity index is 487. The molecule has 146 valence electrons. The van der Waals surface area contributed by atoms with Crippen LogP contribution in [0.3, 0.4) is 0 Å². The molecule has 25 heavy (non-hydrogen) atoms. The molecule has 5 N–H and O–H groups in total. The molecule has 0 aliphatic heterocycles. The highest BCUT2D eigenvalue weighted by molar-refractivity contribution is 5.80. The van der Waals surface area contributed by atoms with Crippen molar-refractivity contribution in [3.05, 3.63) is 0 Å². The third-order valence-electron chi connectivity index (χ3n) is 3.94. The fraction of sp³-hybridized carbons (Fsp3) is 0.800. The maximum atomic E-state index is 12.1. The fourth-order valence-corrected chi connectivity index (χ4v) is 1.32. The van der Waals surface area contributed by atoms with E-state index in [-0.39, 0.29) is 0 Å². The van der Waals surface area contributed by atoms with Crippen molar-refractivity contribution in [1.82, 2.24) is 0 Å². The third-order valence-corrected chi connectivity index (χ3v) is 3.94. The summed E-state index contributed by atoms with van der Waals surface area (Å²) in [5, 5.41) is 45.8. The summed E-state index contributed by atoms with van der Waals surface area (Å²) >= 11 is 0. The lowest BCUT2D eigenvalue weighted by atomic mass is 9.90. The molecule has 0 aromatic carbocycles. The van der Waals surface area contributed by atoms with Crippen LogP contribution in [0.5, 0.6) is 0 Å². The van der Waals surface area contributed by atoms with E-state index in [4.69, 9.17) is 29.9 Å². The summed E-state index contributed by atoms with van der Waals surface area (Å²) in [5.74, 6) is -3.38. The molecule has 0 aliphatic rings. The number of esters is 2. The molecule has 2 unspecified atom stereocenters. The molecule has 0 saturated carbocycles. The molecule has 2 atom stereocenters. The lowest BCUT2D eigenvalue weighted by Gasteiger charge is -2.29. The molecule has 0 bridgehead atoms. The second kappa shape index (κ2) is 9.09. The Balaban J connectivity index is 4.95. The molecule has 0 aromatic rings. The third kappa shape index (κ3) is 5.63. The van der Waals surface area contributed by atoms with Gasteiger partial charge in [0.15, 0.2) is 0 Å². The summed E-state index contributed by atoms with van der Waals surface area (Å²) in [6.45, 7) is -0.508. The van der Waals surface area contributed by atoms with Crippen LogP contribution in [0, 0.1) is 16.2 Å². The van der Waals surface area contributed by atoms with Crippen molar-refractivity contribution in [2.75, 3.05) is 39.6 Å². The van der Waals surface area contributed by atoms with E-state index in [0.29, 0.717) is 0 Å². The lowest BCUT2D eigenvalue weighted by molar-refractivity contribution is -0.176. The molecule has 0 saturated heterocycles. The van der Waals surface area contributed by atoms with Gasteiger partial charge in [0.2, 0.25) is 0 Å². The number of aliphatic hydroxyl groups excluding tert-OH is 4. The number of hydrogen-bond donors (Lipinski definition) is 5. The maximum absolute atomic E-state index is 12.1. The van der Waals surface area contributed by atoms with Gasteiger partial charge >= 0.3 is 17.9 Å². The average Bonchev–Trinajstić information content (AvgIpc) is 2.62. The molecule has 0 heterocycles. The van der Waals surface area contributed by atoms with Gasteiger partial charge in [-0.1, -0.05) is 0 Å². The number of hydrogen-bond acceptors (Lipinski definition) is 9. The van der Waals surface area contributed by atoms with Gasteiger partial charge in [-0.15, -0.1) is 0 Å². The van der Waals surface area contributed by atoms with E-state index in [1.165, 1.54) is 20.8 Å². The number of aliphatic carboxylic acids is 1. The van der Waals surface area contributed by atoms with Crippen molar-refractivity contribution in [2.45, 2.75) is 20.8 Å². The van der Waals surface area contributed by atoms with Gasteiger partial charge in [-0.25, -0.2) is 0 Å². The summed E-state index contributed by atoms with van der Waals surface area (Å²) < 4.78 is 9.74. The van der Waals surface area contributed by atoms with Gasteiger partial charge in [0.05, 0.1) is 26.4 Å². The number of carboxylic acids is 1. The zero-order valence-electron chi connectivity index (χ0n) is 14.5. The predicted molar refractivity (Wildman–Crippen MR) is 82.2 cm³/mol. The van der Waals surface area contributed by atoms with Gasteiger partial charge in [0.1, 0.15) is 29.5 Å². The highest BCUT2D eigenvalue weighted by Gasteiger charge is 2.42. The van der Waals surface area contributed by atoms with Crippen molar-refractivity contribution in [2.24, 2.45) is 16.2 Å². The van der Waals surface area contributed by atoms with Crippen molar-refractivity contribution >= 4 is 17.9 Å². The minimum absolute atomic E-state index is 0.611. The van der Waals surface area contributed by atoms with E-state index < -0.39 is 73.8 Å². The molecule has 0 aliphatic carbocycles. The predicted octanol–water partition coefficient (Wildman–Crippen LogP) is -1.85. The average molecular weight is 366 g/mol. The molecule has 0 spiro atoms. The SMILES string of the molecule is CC(CO)(COC(=O)C(C)(CO)COC(=O)C(C)(CO)CO)C(=O)O. The van der Waals surface area contributed by atoms with Gasteiger partial charge in [-0.05, 0) is 20.8 Å². The number of rotatable bonds is 11. The topological polar surface area (TPSA) is 171 Å². The quantitative estimate of drug-likeness (QED) is 0.261. The van der Waals surface area contributed by atoms with Crippen LogP contribution in [-0.2, 0) is 23.9 Å². The first-order chi connectivity index (χ1) is 11.4. The minimum Gasteiger partial charge on any atom is -0.481 e. The molecule has 0 aromatic heterocycles. The van der Waals surface area contributed by atoms with Crippen molar-refractivity contribution in [3.8, 4) is 0 Å². The van der Waals surface area contributed by atoms with Gasteiger partial charge < -0.3 is 35.0 Å². The van der Waals surface area contributed by atoms with Gasteiger partial charge in [0, 0.05) is 0 Å². The van der Waals surface area contributed by atoms with Crippen LogP contribution in [0.4, 0.5) is 0 Å². The first-order valence-electron chi connectivity index (χ1n) is 7.46. The van der Waals surface area contributed by atoms with Crippen LogP contribution in [0.25, 0.3) is 0 Å². The molecule has 0 rings (SSSR count). The second-order valence-electron chi connectivity index (χ2n) is 6.77. The van der Waals surface area contributed by atoms with Crippen LogP contribution in [0.1, 0.15) is 20.8 Å². The molecule has 0 radical (unpaired) electrons. The lowest BCUT2D eigenvalue weighted by Crippen LogP contribution is -2.45. The van der Waals surface area contributed by atoms with E-state index in [1.807, 2.05) is 0 Å². The van der Waals surface area contributed by atoms with E-state index >= 15 is 0 Å². The monoisotopic (exact) mass is 366 g/mol. The van der Waals surface area contributed by atoms with Crippen LogP contribution in [0.2, 0.25) is 0 Å². The van der Waals surface area contributed by atoms with E-state index in [2.05, 4.69) is 0 Å². The molecule has 10 nitrogen and oxygen atoms in total. The summed E-state index contributed by atoms with van der Waals surface area (Å²) in [6, 6.07) is 0. The van der Waals surface area contributed by atoms with Crippen LogP contribution in [-0.4, -0.2) is 83.1 Å². The molecule has 0 amide bonds. The highest BCUT2D eigenvalue weighted by atomic mass is 16.6. The number of carbonyl (C=O) groups excluding carboxylic acids is 2. The Morgan fingerprint density at radius 2 is 1.00 bits per heavy atom. The normalized spacial score (nSPS) is 16.4. The summed E-state index contributed by atoms with van der Waals surface area (Å²) in [4.78, 5) is 35.1. The van der Waals surface area contributed by atoms with E-state index in [9.17, 15) is 19.5 Å². The number of ether oxygens (including phenoxy) is 2. The van der Waals surface area contributed by atoms with Gasteiger partial charge in [0.25, 0.3) is 0 Å². The molecule has 10 heteroatoms. The molecular weight excluding hydrogens is 340 g/mol. The van der Waals surface area contributed by atoms with E-state index in [0.717, 1.165) is 0 Å². The first-order valence-corrected chi connectivity index (χ1v) is 7.46. The van der Waals surface area contributed by atoms with Crippen LogP contribution >= 0.6 is 0 Å². The first kappa shape index (κ1) is 23.2. The van der Waals surface area contributed by atoms with E-state index in [1.54, 1.807) is 0 Å². The Labute approximate surface area is 145 Å². The van der Waals surface area contributed by atoms with Gasteiger partial charge in [-0.3, -0.25) is 14.4 Å². The highest BCUT2D eigenvalue weighted by Crippen LogP contribution is 2.24. The van der Waals surface area contributed by atoms with Crippen molar-refractivity contribution in [1.29, 1.82) is 0 Å².